The molecule has 0 spiro atoms. The largest absolute Gasteiger partial charge is 0.325 e. The Hall–Kier alpha value is -2.44. The van der Waals surface area contributed by atoms with Crippen LogP contribution in [0.5, 0.6) is 0 Å². The van der Waals surface area contributed by atoms with Crippen molar-refractivity contribution in [3.05, 3.63) is 58.9 Å². The highest BCUT2D eigenvalue weighted by atomic mass is 35.5. The van der Waals surface area contributed by atoms with Gasteiger partial charge in [0.25, 0.3) is 5.91 Å². The average molecular weight is 322 g/mol. The molecule has 2 aromatic carbocycles. The maximum atomic E-state index is 12.8. The van der Waals surface area contributed by atoms with Crippen molar-refractivity contribution in [3.63, 3.8) is 0 Å². The molecule has 4 N–H and O–H groups in total. The molecule has 0 aliphatic rings. The summed E-state index contributed by atoms with van der Waals surface area (Å²) in [7, 11) is 0. The van der Waals surface area contributed by atoms with E-state index in [2.05, 4.69) is 10.6 Å². The first-order chi connectivity index (χ1) is 10.5. The minimum absolute atomic E-state index is 0.153. The molecule has 5 nitrogen and oxygen atoms in total. The van der Waals surface area contributed by atoms with Gasteiger partial charge in [0.2, 0.25) is 5.91 Å². The van der Waals surface area contributed by atoms with E-state index in [4.69, 9.17) is 17.3 Å². The highest BCUT2D eigenvalue weighted by molar-refractivity contribution is 6.34. The van der Waals surface area contributed by atoms with E-state index in [0.29, 0.717) is 16.4 Å². The molecule has 114 valence electrons. The first-order valence-corrected chi connectivity index (χ1v) is 6.74. The second kappa shape index (κ2) is 7.02. The molecule has 7 heteroatoms. The third-order valence-electron chi connectivity index (χ3n) is 2.79. The van der Waals surface area contributed by atoms with Crippen molar-refractivity contribution in [2.45, 2.75) is 0 Å². The van der Waals surface area contributed by atoms with Gasteiger partial charge in [-0.15, -0.1) is 0 Å². The van der Waals surface area contributed by atoms with Gasteiger partial charge in [-0.05, 0) is 42.5 Å². The van der Waals surface area contributed by atoms with Gasteiger partial charge >= 0.3 is 0 Å². The Morgan fingerprint density at radius 2 is 1.77 bits per heavy atom. The number of benzene rings is 2. The quantitative estimate of drug-likeness (QED) is 0.809. The maximum Gasteiger partial charge on any atom is 0.255 e. The lowest BCUT2D eigenvalue weighted by molar-refractivity contribution is -0.114. The zero-order chi connectivity index (χ0) is 16.1. The second-order valence-corrected chi connectivity index (χ2v) is 4.82. The van der Waals surface area contributed by atoms with Crippen LogP contribution in [0.2, 0.25) is 5.02 Å². The van der Waals surface area contributed by atoms with Gasteiger partial charge in [-0.2, -0.15) is 0 Å². The summed E-state index contributed by atoms with van der Waals surface area (Å²) in [5, 5.41) is 5.46. The van der Waals surface area contributed by atoms with Crippen LogP contribution in [0.3, 0.4) is 0 Å². The number of halogens is 2. The second-order valence-electron chi connectivity index (χ2n) is 4.41. The lowest BCUT2D eigenvalue weighted by Gasteiger charge is -2.10. The normalized spacial score (nSPS) is 10.1. The smallest absolute Gasteiger partial charge is 0.255 e. The van der Waals surface area contributed by atoms with Crippen LogP contribution in [0.25, 0.3) is 0 Å². The van der Waals surface area contributed by atoms with Crippen LogP contribution in [-0.2, 0) is 4.79 Å². The maximum absolute atomic E-state index is 12.8. The van der Waals surface area contributed by atoms with E-state index in [1.54, 1.807) is 6.07 Å². The van der Waals surface area contributed by atoms with Crippen molar-refractivity contribution < 1.29 is 14.0 Å². The summed E-state index contributed by atoms with van der Waals surface area (Å²) in [6.07, 6.45) is 0. The number of hydrogen-bond acceptors (Lipinski definition) is 3. The summed E-state index contributed by atoms with van der Waals surface area (Å²) >= 11 is 6.01. The summed E-state index contributed by atoms with van der Waals surface area (Å²) in [5.41, 5.74) is 6.28. The Morgan fingerprint density at radius 1 is 1.09 bits per heavy atom. The number of nitrogens with two attached hydrogens (primary N) is 1. The molecule has 0 bridgehead atoms. The van der Waals surface area contributed by atoms with Gasteiger partial charge in [-0.25, -0.2) is 4.39 Å². The van der Waals surface area contributed by atoms with E-state index in [1.807, 2.05) is 0 Å². The molecule has 0 aliphatic carbocycles. The van der Waals surface area contributed by atoms with Crippen LogP contribution in [0, 0.1) is 5.82 Å². The molecule has 0 fully saturated rings. The number of carbonyl (C=O) groups excluding carboxylic acids is 2. The number of nitrogens with one attached hydrogen (secondary N) is 2. The minimum Gasteiger partial charge on any atom is -0.325 e. The highest BCUT2D eigenvalue weighted by Gasteiger charge is 2.10. The summed E-state index contributed by atoms with van der Waals surface area (Å²) < 4.78 is 12.8. The van der Waals surface area contributed by atoms with E-state index >= 15 is 0 Å². The van der Waals surface area contributed by atoms with Crippen molar-refractivity contribution in [1.82, 2.24) is 0 Å². The molecule has 2 aromatic rings. The lowest BCUT2D eigenvalue weighted by atomic mass is 10.2. The first-order valence-electron chi connectivity index (χ1n) is 6.36. The zero-order valence-electron chi connectivity index (χ0n) is 11.4. The fraction of sp³-hybridized carbons (Fsp3) is 0.0667. The van der Waals surface area contributed by atoms with E-state index in [9.17, 15) is 14.0 Å². The van der Waals surface area contributed by atoms with Gasteiger partial charge in [-0.3, -0.25) is 9.59 Å². The van der Waals surface area contributed by atoms with Gasteiger partial charge in [0.1, 0.15) is 5.82 Å². The molecule has 2 rings (SSSR count). The van der Waals surface area contributed by atoms with Crippen molar-refractivity contribution in [1.29, 1.82) is 0 Å². The van der Waals surface area contributed by atoms with Gasteiger partial charge in [-0.1, -0.05) is 11.6 Å². The number of amides is 2. The first kappa shape index (κ1) is 15.9. The number of hydrogen-bond donors (Lipinski definition) is 3. The van der Waals surface area contributed by atoms with Crippen LogP contribution in [0.1, 0.15) is 10.4 Å². The Kier molecular flexibility index (Phi) is 5.08. The molecule has 0 atom stereocenters. The standard InChI is InChI=1S/C15H13ClFN3O2/c16-12-6-5-11(19-14(21)8-18)7-13(12)20-15(22)9-1-3-10(17)4-2-9/h1-7H,8,18H2,(H,19,21)(H,20,22). The predicted octanol–water partition coefficient (Wildman–Crippen LogP) is 2.63. The predicted molar refractivity (Wildman–Crippen MR) is 83.5 cm³/mol. The van der Waals surface area contributed by atoms with E-state index in [1.165, 1.54) is 36.4 Å². The van der Waals surface area contributed by atoms with Crippen LogP contribution in [-0.4, -0.2) is 18.4 Å². The molecule has 0 aromatic heterocycles. The number of anilines is 2. The molecule has 2 amide bonds. The Bertz CT molecular complexity index is 704. The summed E-state index contributed by atoms with van der Waals surface area (Å²) in [4.78, 5) is 23.3. The number of rotatable bonds is 4. The molecular formula is C15H13ClFN3O2. The Morgan fingerprint density at radius 3 is 2.41 bits per heavy atom. The Balaban J connectivity index is 2.17. The van der Waals surface area contributed by atoms with Crippen LogP contribution in [0.15, 0.2) is 42.5 Å². The van der Waals surface area contributed by atoms with Gasteiger partial charge in [0.15, 0.2) is 0 Å². The topological polar surface area (TPSA) is 84.2 Å². The van der Waals surface area contributed by atoms with Crippen LogP contribution >= 0.6 is 11.6 Å². The minimum atomic E-state index is -0.441. The molecule has 0 saturated carbocycles. The average Bonchev–Trinajstić information content (AvgIpc) is 2.51. The molecule has 0 radical (unpaired) electrons. The highest BCUT2D eigenvalue weighted by Crippen LogP contribution is 2.26. The summed E-state index contributed by atoms with van der Waals surface area (Å²) in [6, 6.07) is 9.73. The van der Waals surface area contributed by atoms with Gasteiger partial charge < -0.3 is 16.4 Å². The summed E-state index contributed by atoms with van der Waals surface area (Å²) in [5.74, 6) is -1.23. The van der Waals surface area contributed by atoms with E-state index in [0.717, 1.165) is 0 Å². The Labute approximate surface area is 131 Å². The van der Waals surface area contributed by atoms with Gasteiger partial charge in [0.05, 0.1) is 17.3 Å². The molecule has 0 heterocycles. The summed E-state index contributed by atoms with van der Waals surface area (Å²) in [6.45, 7) is -0.153. The lowest BCUT2D eigenvalue weighted by Crippen LogP contribution is -2.22. The fourth-order valence-electron chi connectivity index (χ4n) is 1.71. The third-order valence-corrected chi connectivity index (χ3v) is 3.12. The van der Waals surface area contributed by atoms with Crippen molar-refractivity contribution in [2.75, 3.05) is 17.2 Å². The van der Waals surface area contributed by atoms with Crippen LogP contribution < -0.4 is 16.4 Å². The molecule has 0 unspecified atom stereocenters. The molecular weight excluding hydrogens is 309 g/mol. The SMILES string of the molecule is NCC(=O)Nc1ccc(Cl)c(NC(=O)c2ccc(F)cc2)c1. The monoisotopic (exact) mass is 321 g/mol. The van der Waals surface area contributed by atoms with Crippen molar-refractivity contribution in [2.24, 2.45) is 5.73 Å². The van der Waals surface area contributed by atoms with Gasteiger partial charge in [0, 0.05) is 11.3 Å². The fourth-order valence-corrected chi connectivity index (χ4v) is 1.87. The van der Waals surface area contributed by atoms with Crippen LogP contribution in [0.4, 0.5) is 15.8 Å². The third kappa shape index (κ3) is 4.03. The van der Waals surface area contributed by atoms with E-state index in [-0.39, 0.29) is 18.0 Å². The van der Waals surface area contributed by atoms with Crippen molar-refractivity contribution >= 4 is 34.8 Å². The number of carbonyl (C=O) groups is 2. The molecule has 0 saturated heterocycles. The van der Waals surface area contributed by atoms with E-state index < -0.39 is 11.7 Å². The zero-order valence-corrected chi connectivity index (χ0v) is 12.2. The molecule has 0 aliphatic heterocycles. The van der Waals surface area contributed by atoms with Crippen molar-refractivity contribution in [3.8, 4) is 0 Å². The molecule has 22 heavy (non-hydrogen) atoms.